The molecule has 30 heavy (non-hydrogen) atoms. The highest BCUT2D eigenvalue weighted by Gasteiger charge is 2.31. The second-order valence-corrected chi connectivity index (χ2v) is 9.52. The normalized spacial score (nSPS) is 12.1. The molecule has 3 aromatic rings. The molecule has 0 amide bonds. The smallest absolute Gasteiger partial charge is 0.263 e. The van der Waals surface area contributed by atoms with E-state index in [9.17, 15) is 26.9 Å². The number of halogens is 3. The molecule has 0 aliphatic carbocycles. The fraction of sp³-hybridized carbons (Fsp3) is 0.300. The number of hydrogen-bond donors (Lipinski definition) is 0. The number of benzene rings is 1. The van der Waals surface area contributed by atoms with Crippen molar-refractivity contribution in [2.75, 3.05) is 10.8 Å². The zero-order chi connectivity index (χ0) is 21.9. The first-order valence-electron chi connectivity index (χ1n) is 9.07. The average Bonchev–Trinajstić information content (AvgIpc) is 3.03. The molecule has 5 nitrogen and oxygen atoms in total. The molecule has 0 N–H and O–H groups in total. The molecule has 0 radical (unpaired) electrons. The highest BCUT2D eigenvalue weighted by Crippen LogP contribution is 2.40. The number of alkyl halides is 3. The molecule has 2 aromatic heterocycles. The first kappa shape index (κ1) is 22.1. The number of pyridine rings is 1. The van der Waals surface area contributed by atoms with E-state index in [-0.39, 0.29) is 29.8 Å². The average molecular weight is 454 g/mol. The van der Waals surface area contributed by atoms with Gasteiger partial charge < -0.3 is 0 Å². The number of rotatable bonds is 7. The molecule has 0 saturated carbocycles. The Balaban J connectivity index is 2.05. The highest BCUT2D eigenvalue weighted by molar-refractivity contribution is 7.93. The van der Waals surface area contributed by atoms with Crippen molar-refractivity contribution >= 4 is 36.4 Å². The Morgan fingerprint density at radius 2 is 1.93 bits per heavy atom. The van der Waals surface area contributed by atoms with E-state index in [2.05, 4.69) is 4.98 Å². The van der Waals surface area contributed by atoms with Crippen molar-refractivity contribution < 1.29 is 21.6 Å². The number of sulfonamides is 1. The van der Waals surface area contributed by atoms with E-state index in [1.807, 2.05) is 30.3 Å². The van der Waals surface area contributed by atoms with E-state index in [0.717, 1.165) is 26.2 Å². The van der Waals surface area contributed by atoms with E-state index in [1.54, 1.807) is 6.92 Å². The van der Waals surface area contributed by atoms with Crippen LogP contribution >= 0.6 is 11.3 Å². The number of hydrogen-bond acceptors (Lipinski definition) is 5. The minimum atomic E-state index is -4.30. The minimum Gasteiger partial charge on any atom is -0.263 e. The van der Waals surface area contributed by atoms with Crippen LogP contribution in [-0.4, -0.2) is 26.1 Å². The fourth-order valence-corrected chi connectivity index (χ4v) is 6.20. The van der Waals surface area contributed by atoms with Gasteiger partial charge in [-0.3, -0.25) is 9.29 Å². The van der Waals surface area contributed by atoms with E-state index >= 15 is 0 Å². The summed E-state index contributed by atoms with van der Waals surface area (Å²) in [6.45, 7) is 1.65. The molecule has 158 valence electrons. The quantitative estimate of drug-likeness (QED) is 0.449. The molecule has 2 heterocycles. The number of nitrogens with zero attached hydrogens (tertiary/aromatic N) is 3. The molecule has 0 saturated heterocycles. The molecular weight excluding hydrogens is 435 g/mol. The van der Waals surface area contributed by atoms with Gasteiger partial charge in [-0.1, -0.05) is 18.2 Å². The second-order valence-electron chi connectivity index (χ2n) is 6.66. The van der Waals surface area contributed by atoms with Crippen molar-refractivity contribution in [3.63, 3.8) is 0 Å². The van der Waals surface area contributed by atoms with Crippen LogP contribution in [0.1, 0.15) is 30.4 Å². The molecule has 0 spiro atoms. The molecule has 0 aliphatic heterocycles. The summed E-state index contributed by atoms with van der Waals surface area (Å²) >= 11 is 1.25. The highest BCUT2D eigenvalue weighted by atomic mass is 32.2. The van der Waals surface area contributed by atoms with Gasteiger partial charge in [0.1, 0.15) is 16.0 Å². The van der Waals surface area contributed by atoms with Gasteiger partial charge >= 0.3 is 6.18 Å². The largest absolute Gasteiger partial charge is 0.389 e. The zero-order valence-corrected chi connectivity index (χ0v) is 17.6. The summed E-state index contributed by atoms with van der Waals surface area (Å²) in [5.74, 6) is 0. The van der Waals surface area contributed by atoms with Crippen molar-refractivity contribution in [2.24, 2.45) is 0 Å². The van der Waals surface area contributed by atoms with Crippen molar-refractivity contribution in [3.8, 4) is 6.07 Å². The maximum absolute atomic E-state index is 13.5. The third-order valence-electron chi connectivity index (χ3n) is 4.59. The van der Waals surface area contributed by atoms with Crippen molar-refractivity contribution in [1.82, 2.24) is 4.98 Å². The summed E-state index contributed by atoms with van der Waals surface area (Å²) in [5, 5.41) is 10.6. The summed E-state index contributed by atoms with van der Waals surface area (Å²) in [4.78, 5) is 3.56. The lowest BCUT2D eigenvalue weighted by atomic mass is 10.2. The van der Waals surface area contributed by atoms with Crippen LogP contribution in [0.15, 0.2) is 47.6 Å². The lowest BCUT2D eigenvalue weighted by Crippen LogP contribution is -2.32. The van der Waals surface area contributed by atoms with E-state index < -0.39 is 22.6 Å². The molecule has 0 aliphatic rings. The summed E-state index contributed by atoms with van der Waals surface area (Å²) in [7, 11) is -4.21. The Kier molecular flexibility index (Phi) is 6.33. The first-order chi connectivity index (χ1) is 14.1. The fourth-order valence-electron chi connectivity index (χ4n) is 3.11. The van der Waals surface area contributed by atoms with Gasteiger partial charge in [0.15, 0.2) is 0 Å². The Morgan fingerprint density at radius 3 is 2.60 bits per heavy atom. The second kappa shape index (κ2) is 8.62. The topological polar surface area (TPSA) is 74.1 Å². The van der Waals surface area contributed by atoms with Crippen molar-refractivity contribution in [3.05, 3.63) is 53.9 Å². The van der Waals surface area contributed by atoms with E-state index in [1.165, 1.54) is 23.6 Å². The molecule has 0 bridgehead atoms. The van der Waals surface area contributed by atoms with Gasteiger partial charge in [0.25, 0.3) is 10.0 Å². The third kappa shape index (κ3) is 4.57. The van der Waals surface area contributed by atoms with Crippen LogP contribution in [0.2, 0.25) is 0 Å². The standard InChI is InChI=1S/C20H18F3N3O2S2/c1-14-16-6-2-3-7-17(16)29-19(14)26(11-5-4-9-20(21,22)23)30(27,28)18-13-25-10-8-15(18)12-24/h2-3,6-8,10,13H,4-5,9,11H2,1H3. The Hall–Kier alpha value is -2.64. The molecular formula is C20H18F3N3O2S2. The number of unbranched alkanes of at least 4 members (excludes halogenated alkanes) is 1. The van der Waals surface area contributed by atoms with Crippen LogP contribution in [0.25, 0.3) is 10.1 Å². The lowest BCUT2D eigenvalue weighted by molar-refractivity contribution is -0.135. The number of aryl methyl sites for hydroxylation is 1. The van der Waals surface area contributed by atoms with Gasteiger partial charge in [-0.15, -0.1) is 11.3 Å². The van der Waals surface area contributed by atoms with Gasteiger partial charge in [0, 0.05) is 30.1 Å². The predicted octanol–water partition coefficient (Wildman–Crippen LogP) is 5.40. The van der Waals surface area contributed by atoms with Crippen LogP contribution in [0.4, 0.5) is 18.2 Å². The molecule has 3 rings (SSSR count). The van der Waals surface area contributed by atoms with E-state index in [0.29, 0.717) is 5.00 Å². The van der Waals surface area contributed by atoms with Gasteiger partial charge in [0.2, 0.25) is 0 Å². The van der Waals surface area contributed by atoms with Crippen LogP contribution in [0.3, 0.4) is 0 Å². The van der Waals surface area contributed by atoms with Crippen molar-refractivity contribution in [2.45, 2.75) is 37.3 Å². The Morgan fingerprint density at radius 1 is 1.20 bits per heavy atom. The first-order valence-corrected chi connectivity index (χ1v) is 11.3. The third-order valence-corrected chi connectivity index (χ3v) is 7.83. The molecule has 1 aromatic carbocycles. The van der Waals surface area contributed by atoms with Gasteiger partial charge in [-0.05, 0) is 42.8 Å². The lowest BCUT2D eigenvalue weighted by Gasteiger charge is -2.24. The predicted molar refractivity (Wildman–Crippen MR) is 110 cm³/mol. The summed E-state index contributed by atoms with van der Waals surface area (Å²) < 4.78 is 66.5. The number of nitriles is 1. The van der Waals surface area contributed by atoms with Crippen molar-refractivity contribution in [1.29, 1.82) is 5.26 Å². The minimum absolute atomic E-state index is 0.0224. The van der Waals surface area contributed by atoms with Crippen LogP contribution < -0.4 is 4.31 Å². The number of thiophene rings is 1. The molecule has 0 unspecified atom stereocenters. The van der Waals surface area contributed by atoms with Gasteiger partial charge in [-0.25, -0.2) is 8.42 Å². The van der Waals surface area contributed by atoms with Crippen LogP contribution in [0, 0.1) is 18.3 Å². The summed E-state index contributed by atoms with van der Waals surface area (Å²) in [5.41, 5.74) is 0.654. The SMILES string of the molecule is Cc1c(N(CCCCC(F)(F)F)S(=O)(=O)c2cnccc2C#N)sc2ccccc12. The summed E-state index contributed by atoms with van der Waals surface area (Å²) in [6, 6.07) is 10.5. The zero-order valence-electron chi connectivity index (χ0n) is 16.0. The van der Waals surface area contributed by atoms with Gasteiger partial charge in [0.05, 0.1) is 5.56 Å². The number of fused-ring (bicyclic) bond motifs is 1. The number of anilines is 1. The summed E-state index contributed by atoms with van der Waals surface area (Å²) in [6.07, 6.45) is -3.04. The Labute approximate surface area is 176 Å². The molecule has 0 fully saturated rings. The molecule has 0 atom stereocenters. The number of aromatic nitrogens is 1. The molecule has 10 heteroatoms. The van der Waals surface area contributed by atoms with Gasteiger partial charge in [-0.2, -0.15) is 18.4 Å². The Bertz CT molecular complexity index is 1200. The van der Waals surface area contributed by atoms with Crippen LogP contribution in [-0.2, 0) is 10.0 Å². The van der Waals surface area contributed by atoms with E-state index in [4.69, 9.17) is 0 Å². The maximum atomic E-state index is 13.5. The van der Waals surface area contributed by atoms with Crippen LogP contribution in [0.5, 0.6) is 0 Å². The maximum Gasteiger partial charge on any atom is 0.389 e. The monoisotopic (exact) mass is 453 g/mol.